The van der Waals surface area contributed by atoms with E-state index in [4.69, 9.17) is 9.47 Å². The Hall–Kier alpha value is -1.55. The molecule has 1 aromatic carbocycles. The van der Waals surface area contributed by atoms with Crippen molar-refractivity contribution >= 4 is 11.6 Å². The van der Waals surface area contributed by atoms with Gasteiger partial charge in [-0.05, 0) is 24.3 Å². The van der Waals surface area contributed by atoms with Crippen molar-refractivity contribution in [3.05, 3.63) is 24.3 Å². The summed E-state index contributed by atoms with van der Waals surface area (Å²) >= 11 is 0. The Labute approximate surface area is 94.6 Å². The van der Waals surface area contributed by atoms with Gasteiger partial charge < -0.3 is 14.8 Å². The van der Waals surface area contributed by atoms with Crippen LogP contribution in [0.15, 0.2) is 24.3 Å². The van der Waals surface area contributed by atoms with Crippen LogP contribution >= 0.6 is 0 Å². The van der Waals surface area contributed by atoms with E-state index in [1.807, 2.05) is 24.3 Å². The summed E-state index contributed by atoms with van der Waals surface area (Å²) in [5.41, 5.74) is 0.780. The van der Waals surface area contributed by atoms with Gasteiger partial charge in [0.2, 0.25) is 5.91 Å². The Morgan fingerprint density at radius 3 is 2.75 bits per heavy atom. The van der Waals surface area contributed by atoms with Crippen molar-refractivity contribution in [2.24, 2.45) is 0 Å². The summed E-state index contributed by atoms with van der Waals surface area (Å²) in [6, 6.07) is 7.35. The lowest BCUT2D eigenvalue weighted by atomic mass is 10.3. The van der Waals surface area contributed by atoms with Gasteiger partial charge in [-0.25, -0.2) is 0 Å². The van der Waals surface area contributed by atoms with E-state index in [1.54, 1.807) is 0 Å². The number of carbonyl (C=O) groups is 1. The largest absolute Gasteiger partial charge is 0.488 e. The second kappa shape index (κ2) is 4.99. The van der Waals surface area contributed by atoms with Gasteiger partial charge in [0.25, 0.3) is 0 Å². The second-order valence-corrected chi connectivity index (χ2v) is 3.81. The summed E-state index contributed by atoms with van der Waals surface area (Å²) in [6.07, 6.45) is 1.10. The van der Waals surface area contributed by atoms with Crippen molar-refractivity contribution in [1.82, 2.24) is 0 Å². The van der Waals surface area contributed by atoms with Crippen LogP contribution in [0.5, 0.6) is 5.75 Å². The monoisotopic (exact) mass is 221 g/mol. The summed E-state index contributed by atoms with van der Waals surface area (Å²) in [5, 5.41) is 2.71. The predicted molar refractivity (Wildman–Crippen MR) is 60.6 cm³/mol. The summed E-state index contributed by atoms with van der Waals surface area (Å²) in [4.78, 5) is 10.8. The van der Waals surface area contributed by atoms with Crippen molar-refractivity contribution in [2.45, 2.75) is 19.4 Å². The standard InChI is InChI=1S/C12H15NO3/c1-9(14)13-10-2-4-11(5-3-10)16-12-6-7-15-8-12/h2-5,12H,6-8H2,1H3,(H,13,14)/t12-/m0/s1. The van der Waals surface area contributed by atoms with Gasteiger partial charge in [-0.15, -0.1) is 0 Å². The van der Waals surface area contributed by atoms with E-state index in [1.165, 1.54) is 6.92 Å². The molecule has 1 aliphatic heterocycles. The molecular weight excluding hydrogens is 206 g/mol. The van der Waals surface area contributed by atoms with Crippen LogP contribution in [0.25, 0.3) is 0 Å². The minimum absolute atomic E-state index is 0.0714. The fourth-order valence-electron chi connectivity index (χ4n) is 1.62. The highest BCUT2D eigenvalue weighted by atomic mass is 16.5. The van der Waals surface area contributed by atoms with Crippen LogP contribution in [-0.2, 0) is 9.53 Å². The molecule has 1 atom stereocenters. The smallest absolute Gasteiger partial charge is 0.221 e. The van der Waals surface area contributed by atoms with Crippen LogP contribution in [0.1, 0.15) is 13.3 Å². The first-order chi connectivity index (χ1) is 7.74. The molecule has 0 aliphatic carbocycles. The third-order valence-electron chi connectivity index (χ3n) is 2.37. The van der Waals surface area contributed by atoms with Crippen LogP contribution in [-0.4, -0.2) is 25.2 Å². The van der Waals surface area contributed by atoms with Gasteiger partial charge in [0.15, 0.2) is 0 Å². The molecule has 0 spiro atoms. The average molecular weight is 221 g/mol. The summed E-state index contributed by atoms with van der Waals surface area (Å²) in [6.45, 7) is 2.92. The van der Waals surface area contributed by atoms with Crippen molar-refractivity contribution < 1.29 is 14.3 Å². The molecule has 16 heavy (non-hydrogen) atoms. The van der Waals surface area contributed by atoms with E-state index in [0.29, 0.717) is 6.61 Å². The molecule has 1 aromatic rings. The third kappa shape index (κ3) is 2.97. The molecule has 1 fully saturated rings. The normalized spacial score (nSPS) is 19.4. The van der Waals surface area contributed by atoms with E-state index in [2.05, 4.69) is 5.32 Å². The minimum Gasteiger partial charge on any atom is -0.488 e. The van der Waals surface area contributed by atoms with Crippen LogP contribution in [0.2, 0.25) is 0 Å². The molecule has 86 valence electrons. The maximum Gasteiger partial charge on any atom is 0.221 e. The lowest BCUT2D eigenvalue weighted by molar-refractivity contribution is -0.114. The Kier molecular flexibility index (Phi) is 3.41. The SMILES string of the molecule is CC(=O)Nc1ccc(O[C@H]2CCOC2)cc1. The van der Waals surface area contributed by atoms with E-state index < -0.39 is 0 Å². The molecule has 0 aromatic heterocycles. The zero-order valence-electron chi connectivity index (χ0n) is 9.23. The third-order valence-corrected chi connectivity index (χ3v) is 2.37. The van der Waals surface area contributed by atoms with Crippen LogP contribution in [0.4, 0.5) is 5.69 Å². The highest BCUT2D eigenvalue weighted by Crippen LogP contribution is 2.19. The molecule has 0 bridgehead atoms. The first kappa shape index (κ1) is 11.0. The Morgan fingerprint density at radius 2 is 2.19 bits per heavy atom. The molecule has 0 saturated carbocycles. The molecule has 1 amide bonds. The molecular formula is C12H15NO3. The molecule has 0 unspecified atom stereocenters. The topological polar surface area (TPSA) is 47.6 Å². The van der Waals surface area contributed by atoms with Gasteiger partial charge >= 0.3 is 0 Å². The minimum atomic E-state index is -0.0714. The molecule has 2 rings (SSSR count). The molecule has 1 saturated heterocycles. The molecule has 1 heterocycles. The quantitative estimate of drug-likeness (QED) is 0.846. The summed E-state index contributed by atoms with van der Waals surface area (Å²) in [5.74, 6) is 0.738. The maximum absolute atomic E-state index is 10.8. The van der Waals surface area contributed by atoms with Crippen molar-refractivity contribution in [1.29, 1.82) is 0 Å². The first-order valence-corrected chi connectivity index (χ1v) is 5.36. The Morgan fingerprint density at radius 1 is 1.44 bits per heavy atom. The van der Waals surface area contributed by atoms with Crippen molar-refractivity contribution in [2.75, 3.05) is 18.5 Å². The maximum atomic E-state index is 10.8. The fraction of sp³-hybridized carbons (Fsp3) is 0.417. The number of anilines is 1. The van der Waals surface area contributed by atoms with Crippen LogP contribution < -0.4 is 10.1 Å². The molecule has 4 heteroatoms. The zero-order chi connectivity index (χ0) is 11.4. The van der Waals surface area contributed by atoms with Gasteiger partial charge in [0.1, 0.15) is 11.9 Å². The van der Waals surface area contributed by atoms with Gasteiger partial charge in [-0.2, -0.15) is 0 Å². The number of ether oxygens (including phenoxy) is 2. The predicted octanol–water partition coefficient (Wildman–Crippen LogP) is 1.81. The van der Waals surface area contributed by atoms with Crippen molar-refractivity contribution in [3.8, 4) is 5.75 Å². The molecule has 1 aliphatic rings. The van der Waals surface area contributed by atoms with Gasteiger partial charge in [0.05, 0.1) is 13.2 Å². The summed E-state index contributed by atoms with van der Waals surface area (Å²) in [7, 11) is 0. The second-order valence-electron chi connectivity index (χ2n) is 3.81. The first-order valence-electron chi connectivity index (χ1n) is 5.36. The Bertz CT molecular complexity index is 355. The number of hydrogen-bond donors (Lipinski definition) is 1. The number of carbonyl (C=O) groups excluding carboxylic acids is 1. The molecule has 0 radical (unpaired) electrons. The summed E-state index contributed by atoms with van der Waals surface area (Å²) < 4.78 is 10.9. The van der Waals surface area contributed by atoms with E-state index in [0.717, 1.165) is 24.5 Å². The number of rotatable bonds is 3. The van der Waals surface area contributed by atoms with Crippen molar-refractivity contribution in [3.63, 3.8) is 0 Å². The van der Waals surface area contributed by atoms with E-state index in [9.17, 15) is 4.79 Å². The Balaban J connectivity index is 1.93. The van der Waals surface area contributed by atoms with E-state index in [-0.39, 0.29) is 12.0 Å². The molecule has 1 N–H and O–H groups in total. The van der Waals surface area contributed by atoms with Gasteiger partial charge in [-0.3, -0.25) is 4.79 Å². The fourth-order valence-corrected chi connectivity index (χ4v) is 1.62. The van der Waals surface area contributed by atoms with E-state index >= 15 is 0 Å². The highest BCUT2D eigenvalue weighted by Gasteiger charge is 2.16. The average Bonchev–Trinajstić information content (AvgIpc) is 2.73. The number of benzene rings is 1. The highest BCUT2D eigenvalue weighted by molar-refractivity contribution is 5.88. The number of amides is 1. The van der Waals surface area contributed by atoms with Crippen LogP contribution in [0.3, 0.4) is 0 Å². The molecule has 4 nitrogen and oxygen atoms in total. The lowest BCUT2D eigenvalue weighted by Gasteiger charge is -2.12. The zero-order valence-corrected chi connectivity index (χ0v) is 9.23. The number of hydrogen-bond acceptors (Lipinski definition) is 3. The van der Waals surface area contributed by atoms with Crippen LogP contribution in [0, 0.1) is 0 Å². The number of nitrogens with one attached hydrogen (secondary N) is 1. The lowest BCUT2D eigenvalue weighted by Crippen LogP contribution is -2.15. The van der Waals surface area contributed by atoms with Gasteiger partial charge in [0, 0.05) is 19.0 Å². The van der Waals surface area contributed by atoms with Gasteiger partial charge in [-0.1, -0.05) is 0 Å².